The molecule has 0 bridgehead atoms. The molecule has 0 aliphatic heterocycles. The Bertz CT molecular complexity index is 503. The van der Waals surface area contributed by atoms with Crippen LogP contribution in [-0.2, 0) is 0 Å². The standard InChI is InChI=1S/C16H36N.C3H3N3O3/c1-5-9-13-17(14-10-6-2,15-11-7-3)16-12-8-4;7-1-4-2(8)6-3(9)5-1/h5-16H2,1-4H3;(H3,4,5,6,7,8,9)/q+1;/p-1. The molecule has 1 aromatic rings. The molecular weight excluding hydrogens is 332 g/mol. The quantitative estimate of drug-likeness (QED) is 0.552. The molecule has 26 heavy (non-hydrogen) atoms. The Labute approximate surface area is 157 Å². The lowest BCUT2D eigenvalue weighted by molar-refractivity contribution is -0.929. The molecule has 0 aromatic carbocycles. The zero-order chi connectivity index (χ0) is 19.8. The van der Waals surface area contributed by atoms with Gasteiger partial charge >= 0.3 is 11.4 Å². The molecule has 0 saturated carbocycles. The zero-order valence-corrected chi connectivity index (χ0v) is 17.1. The number of quaternary nitrogens is 1. The van der Waals surface area contributed by atoms with Crippen LogP contribution in [0.3, 0.4) is 0 Å². The molecule has 0 aliphatic carbocycles. The van der Waals surface area contributed by atoms with Crippen LogP contribution in [0.15, 0.2) is 9.59 Å². The lowest BCUT2D eigenvalue weighted by Crippen LogP contribution is -2.50. The summed E-state index contributed by atoms with van der Waals surface area (Å²) >= 11 is 0. The highest BCUT2D eigenvalue weighted by Gasteiger charge is 2.24. The number of nitrogens with one attached hydrogen (secondary N) is 2. The molecule has 1 rings (SSSR count). The van der Waals surface area contributed by atoms with Crippen molar-refractivity contribution in [3.05, 3.63) is 21.0 Å². The molecule has 0 radical (unpaired) electrons. The second-order valence-corrected chi connectivity index (χ2v) is 6.95. The fourth-order valence-electron chi connectivity index (χ4n) is 3.02. The summed E-state index contributed by atoms with van der Waals surface area (Å²) in [5.41, 5.74) is -1.76. The van der Waals surface area contributed by atoms with E-state index in [1.165, 1.54) is 82.0 Å². The summed E-state index contributed by atoms with van der Waals surface area (Å²) in [5.74, 6) is 0. The first-order valence-corrected chi connectivity index (χ1v) is 10.2. The van der Waals surface area contributed by atoms with Crippen LogP contribution in [0.2, 0.25) is 0 Å². The van der Waals surface area contributed by atoms with Crippen molar-refractivity contribution < 1.29 is 9.59 Å². The van der Waals surface area contributed by atoms with E-state index < -0.39 is 17.4 Å². The minimum atomic E-state index is -0.927. The van der Waals surface area contributed by atoms with Gasteiger partial charge in [-0.25, -0.2) is 9.59 Å². The van der Waals surface area contributed by atoms with Crippen molar-refractivity contribution in [1.29, 1.82) is 0 Å². The van der Waals surface area contributed by atoms with Crippen LogP contribution in [0, 0.1) is 0 Å². The lowest BCUT2D eigenvalue weighted by Gasteiger charge is -2.39. The van der Waals surface area contributed by atoms with E-state index in [0.717, 1.165) is 0 Å². The monoisotopic (exact) mass is 370 g/mol. The minimum Gasteiger partial charge on any atom is -0.846 e. The van der Waals surface area contributed by atoms with Gasteiger partial charge in [0.15, 0.2) is 0 Å². The topological polar surface area (TPSA) is 102 Å². The van der Waals surface area contributed by atoms with Gasteiger partial charge in [-0.05, 0) is 25.7 Å². The molecule has 0 aliphatic rings. The van der Waals surface area contributed by atoms with Crippen molar-refractivity contribution in [2.45, 2.75) is 79.1 Å². The molecule has 0 unspecified atom stereocenters. The van der Waals surface area contributed by atoms with Gasteiger partial charge in [0.25, 0.3) is 0 Å². The van der Waals surface area contributed by atoms with Crippen molar-refractivity contribution in [1.82, 2.24) is 15.0 Å². The Hall–Kier alpha value is -1.63. The van der Waals surface area contributed by atoms with E-state index in [1.807, 2.05) is 0 Å². The normalized spacial score (nSPS) is 11.1. The average molecular weight is 371 g/mol. The van der Waals surface area contributed by atoms with E-state index in [0.29, 0.717) is 0 Å². The minimum absolute atomic E-state index is 0.833. The Morgan fingerprint density at radius 3 is 1.42 bits per heavy atom. The van der Waals surface area contributed by atoms with Crippen molar-refractivity contribution in [3.63, 3.8) is 0 Å². The summed E-state index contributed by atoms with van der Waals surface area (Å²) in [7, 11) is 0. The van der Waals surface area contributed by atoms with Crippen molar-refractivity contribution in [3.8, 4) is 6.01 Å². The largest absolute Gasteiger partial charge is 0.846 e. The smallest absolute Gasteiger partial charge is 0.349 e. The third kappa shape index (κ3) is 11.1. The van der Waals surface area contributed by atoms with E-state index in [4.69, 9.17) is 0 Å². The number of hydrogen-bond acceptors (Lipinski definition) is 4. The molecule has 7 heteroatoms. The maximum atomic E-state index is 10.2. The van der Waals surface area contributed by atoms with Gasteiger partial charge in [0, 0.05) is 0 Å². The fraction of sp³-hybridized carbons (Fsp3) is 0.842. The van der Waals surface area contributed by atoms with Crippen LogP contribution in [0.5, 0.6) is 6.01 Å². The highest BCUT2D eigenvalue weighted by Crippen LogP contribution is 2.16. The number of nitrogens with zero attached hydrogens (tertiary/aromatic N) is 2. The van der Waals surface area contributed by atoms with Gasteiger partial charge in [-0.1, -0.05) is 53.4 Å². The number of aromatic nitrogens is 3. The molecule has 152 valence electrons. The highest BCUT2D eigenvalue weighted by atomic mass is 16.3. The summed E-state index contributed by atoms with van der Waals surface area (Å²) in [5, 5.41) is 10.1. The first-order valence-electron chi connectivity index (χ1n) is 10.2. The first kappa shape index (κ1) is 24.4. The predicted octanol–water partition coefficient (Wildman–Crippen LogP) is 2.54. The van der Waals surface area contributed by atoms with Crippen molar-refractivity contribution >= 4 is 0 Å². The Balaban J connectivity index is 0.000000577. The number of unbranched alkanes of at least 4 members (excludes halogenated alkanes) is 4. The van der Waals surface area contributed by atoms with Gasteiger partial charge in [-0.3, -0.25) is 4.98 Å². The van der Waals surface area contributed by atoms with Crippen molar-refractivity contribution in [2.24, 2.45) is 0 Å². The summed E-state index contributed by atoms with van der Waals surface area (Å²) in [6.07, 6.45) is 11.1. The number of rotatable bonds is 12. The SMILES string of the molecule is CCCC[N+](CCCC)(CCCC)CCCC.O=c1nc([O-])[nH]c(=O)[nH]1. The molecule has 0 amide bonds. The Morgan fingerprint density at radius 2 is 1.15 bits per heavy atom. The van der Waals surface area contributed by atoms with Crippen LogP contribution in [0.4, 0.5) is 0 Å². The molecule has 0 saturated heterocycles. The van der Waals surface area contributed by atoms with Gasteiger partial charge in [0.05, 0.1) is 32.2 Å². The summed E-state index contributed by atoms with van der Waals surface area (Å²) < 4.78 is 1.42. The van der Waals surface area contributed by atoms with Gasteiger partial charge < -0.3 is 14.6 Å². The third-order valence-electron chi connectivity index (χ3n) is 4.59. The molecule has 7 nitrogen and oxygen atoms in total. The van der Waals surface area contributed by atoms with E-state index >= 15 is 0 Å². The van der Waals surface area contributed by atoms with E-state index in [-0.39, 0.29) is 0 Å². The molecule has 2 N–H and O–H groups in total. The molecule has 0 fully saturated rings. The van der Waals surface area contributed by atoms with Gasteiger partial charge in [-0.2, -0.15) is 4.98 Å². The van der Waals surface area contributed by atoms with Crippen LogP contribution < -0.4 is 16.5 Å². The van der Waals surface area contributed by atoms with Crippen LogP contribution in [-0.4, -0.2) is 45.6 Å². The lowest BCUT2D eigenvalue weighted by atomic mass is 10.1. The fourth-order valence-corrected chi connectivity index (χ4v) is 3.02. The molecule has 1 heterocycles. The van der Waals surface area contributed by atoms with E-state index in [1.54, 1.807) is 9.97 Å². The third-order valence-corrected chi connectivity index (χ3v) is 4.59. The number of H-pyrrole nitrogens is 2. The zero-order valence-electron chi connectivity index (χ0n) is 17.1. The second-order valence-electron chi connectivity index (χ2n) is 6.95. The maximum Gasteiger partial charge on any atom is 0.349 e. The molecule has 1 aromatic heterocycles. The van der Waals surface area contributed by atoms with Gasteiger partial charge in [0.1, 0.15) is 0 Å². The number of aromatic amines is 2. The predicted molar refractivity (Wildman–Crippen MR) is 104 cm³/mol. The average Bonchev–Trinajstić information content (AvgIpc) is 2.60. The van der Waals surface area contributed by atoms with Crippen LogP contribution in [0.25, 0.3) is 0 Å². The Morgan fingerprint density at radius 1 is 0.769 bits per heavy atom. The maximum absolute atomic E-state index is 10.2. The molecule has 0 spiro atoms. The second kappa shape index (κ2) is 14.5. The van der Waals surface area contributed by atoms with Gasteiger partial charge in [-0.15, -0.1) is 0 Å². The number of hydrogen-bond donors (Lipinski definition) is 2. The molecule has 0 atom stereocenters. The van der Waals surface area contributed by atoms with Crippen LogP contribution >= 0.6 is 0 Å². The van der Waals surface area contributed by atoms with Gasteiger partial charge in [0.2, 0.25) is 0 Å². The summed E-state index contributed by atoms with van der Waals surface area (Å²) in [4.78, 5) is 26.6. The summed E-state index contributed by atoms with van der Waals surface area (Å²) in [6.45, 7) is 15.0. The summed E-state index contributed by atoms with van der Waals surface area (Å²) in [6, 6.07) is -0.927. The molecular formula is C19H38N4O3. The van der Waals surface area contributed by atoms with E-state index in [9.17, 15) is 14.7 Å². The highest BCUT2D eigenvalue weighted by molar-refractivity contribution is 4.80. The first-order chi connectivity index (χ1) is 12.4. The van der Waals surface area contributed by atoms with Crippen molar-refractivity contribution in [2.75, 3.05) is 26.2 Å². The van der Waals surface area contributed by atoms with Crippen LogP contribution in [0.1, 0.15) is 79.1 Å². The Kier molecular flexibility index (Phi) is 13.6. The van der Waals surface area contributed by atoms with E-state index in [2.05, 4.69) is 32.7 Å².